The third-order valence-corrected chi connectivity index (χ3v) is 3.30. The number of benzene rings is 2. The monoisotopic (exact) mass is 289 g/mol. The van der Waals surface area contributed by atoms with Crippen LogP contribution >= 0.6 is 11.6 Å². The fourth-order valence-corrected chi connectivity index (χ4v) is 2.09. The number of hydrogen-bond acceptors (Lipinski definition) is 3. The highest BCUT2D eigenvalue weighted by Crippen LogP contribution is 2.18. The fraction of sp³-hybridized carbons (Fsp3) is 0.133. The lowest BCUT2D eigenvalue weighted by molar-refractivity contribution is 0.318. The van der Waals surface area contributed by atoms with Gasteiger partial charge in [0.2, 0.25) is 0 Å². The van der Waals surface area contributed by atoms with Gasteiger partial charge in [-0.1, -0.05) is 59.2 Å². The quantitative estimate of drug-likeness (QED) is 0.343. The first-order valence-electron chi connectivity index (χ1n) is 6.21. The Morgan fingerprint density at radius 2 is 1.90 bits per heavy atom. The molecule has 5 heteroatoms. The Morgan fingerprint density at radius 3 is 2.55 bits per heavy atom. The Labute approximate surface area is 122 Å². The minimum atomic E-state index is 0.0516. The van der Waals surface area contributed by atoms with E-state index in [2.05, 4.69) is 22.6 Å². The van der Waals surface area contributed by atoms with Crippen LogP contribution in [0.15, 0.2) is 53.7 Å². The molecule has 2 rings (SSSR count). The number of hydrogen-bond donors (Lipinski definition) is 3. The molecule has 0 aliphatic heterocycles. The van der Waals surface area contributed by atoms with Crippen molar-refractivity contribution in [1.82, 2.24) is 5.32 Å². The van der Waals surface area contributed by atoms with Crippen LogP contribution in [0, 0.1) is 0 Å². The molecule has 104 valence electrons. The maximum absolute atomic E-state index is 8.62. The van der Waals surface area contributed by atoms with Crippen LogP contribution in [0.25, 0.3) is 0 Å². The van der Waals surface area contributed by atoms with Crippen molar-refractivity contribution < 1.29 is 5.21 Å². The average molecular weight is 290 g/mol. The summed E-state index contributed by atoms with van der Waals surface area (Å²) in [7, 11) is 0. The summed E-state index contributed by atoms with van der Waals surface area (Å²) in [6.45, 7) is 1.43. The lowest BCUT2D eigenvalue weighted by Gasteiger charge is -2.08. The van der Waals surface area contributed by atoms with Crippen LogP contribution in [0.1, 0.15) is 16.7 Å². The molecule has 0 heterocycles. The molecule has 0 amide bonds. The molecule has 0 fully saturated rings. The molecule has 4 nitrogen and oxygen atoms in total. The van der Waals surface area contributed by atoms with E-state index in [1.54, 1.807) is 12.1 Å². The molecule has 0 aliphatic carbocycles. The summed E-state index contributed by atoms with van der Waals surface area (Å²) >= 11 is 6.18. The largest absolute Gasteiger partial charge is 0.409 e. The Bertz CT molecular complexity index is 599. The summed E-state index contributed by atoms with van der Waals surface area (Å²) in [6.07, 6.45) is 0. The van der Waals surface area contributed by atoms with Crippen molar-refractivity contribution in [2.75, 3.05) is 0 Å². The normalized spacial score (nSPS) is 11.6. The van der Waals surface area contributed by atoms with Gasteiger partial charge in [0.1, 0.15) is 0 Å². The minimum absolute atomic E-state index is 0.0516. The number of amidine groups is 1. The molecule has 0 saturated carbocycles. The zero-order valence-corrected chi connectivity index (χ0v) is 11.6. The number of rotatable bonds is 5. The van der Waals surface area contributed by atoms with Crippen molar-refractivity contribution >= 4 is 17.4 Å². The smallest absolute Gasteiger partial charge is 0.170 e. The first kappa shape index (κ1) is 14.4. The Hall–Kier alpha value is -2.04. The minimum Gasteiger partial charge on any atom is -0.409 e. The molecular weight excluding hydrogens is 274 g/mol. The summed E-state index contributed by atoms with van der Waals surface area (Å²) < 4.78 is 0. The van der Waals surface area contributed by atoms with Crippen LogP contribution in [0.3, 0.4) is 0 Å². The number of nitrogens with one attached hydrogen (secondary N) is 1. The van der Waals surface area contributed by atoms with Gasteiger partial charge in [-0.05, 0) is 17.2 Å². The van der Waals surface area contributed by atoms with Gasteiger partial charge in [0.25, 0.3) is 0 Å². The Kier molecular flexibility index (Phi) is 4.98. The lowest BCUT2D eigenvalue weighted by atomic mass is 10.1. The van der Waals surface area contributed by atoms with Gasteiger partial charge in [-0.25, -0.2) is 0 Å². The second-order valence-electron chi connectivity index (χ2n) is 4.38. The lowest BCUT2D eigenvalue weighted by Crippen LogP contribution is -2.15. The third kappa shape index (κ3) is 3.73. The summed E-state index contributed by atoms with van der Waals surface area (Å²) in [5.41, 5.74) is 8.31. The average Bonchev–Trinajstić information content (AvgIpc) is 2.49. The third-order valence-electron chi connectivity index (χ3n) is 2.94. The highest BCUT2D eigenvalue weighted by molar-refractivity contribution is 6.31. The number of nitrogens with two attached hydrogens (primary N) is 1. The van der Waals surface area contributed by atoms with Gasteiger partial charge in [0, 0.05) is 23.7 Å². The van der Waals surface area contributed by atoms with Crippen LogP contribution in [-0.4, -0.2) is 11.0 Å². The van der Waals surface area contributed by atoms with Gasteiger partial charge in [-0.3, -0.25) is 0 Å². The van der Waals surface area contributed by atoms with E-state index >= 15 is 0 Å². The molecule has 2 aromatic carbocycles. The second kappa shape index (κ2) is 6.93. The molecule has 0 aromatic heterocycles. The molecule has 0 unspecified atom stereocenters. The van der Waals surface area contributed by atoms with Crippen LogP contribution in [0.4, 0.5) is 0 Å². The highest BCUT2D eigenvalue weighted by Gasteiger charge is 2.05. The van der Waals surface area contributed by atoms with Crippen molar-refractivity contribution in [3.8, 4) is 0 Å². The molecule has 0 atom stereocenters. The number of nitrogens with zero attached hydrogens (tertiary/aromatic N) is 1. The topological polar surface area (TPSA) is 70.6 Å². The number of oxime groups is 1. The van der Waals surface area contributed by atoms with E-state index in [9.17, 15) is 0 Å². The summed E-state index contributed by atoms with van der Waals surface area (Å²) in [5, 5.41) is 15.5. The molecule has 0 saturated heterocycles. The molecule has 0 bridgehead atoms. The maximum atomic E-state index is 8.62. The van der Waals surface area contributed by atoms with Gasteiger partial charge in [0.05, 0.1) is 0 Å². The molecular formula is C15H16ClN3O. The standard InChI is InChI=1S/C15H16ClN3O/c16-14-8-12(15(17)19-20)6-7-13(14)10-18-9-11-4-2-1-3-5-11/h1-8,18,20H,9-10H2,(H2,17,19). The van der Waals surface area contributed by atoms with Crippen molar-refractivity contribution in [3.05, 3.63) is 70.2 Å². The van der Waals surface area contributed by atoms with Crippen molar-refractivity contribution in [2.24, 2.45) is 10.9 Å². The van der Waals surface area contributed by atoms with Crippen LogP contribution in [0.5, 0.6) is 0 Å². The van der Waals surface area contributed by atoms with E-state index in [4.69, 9.17) is 22.5 Å². The Morgan fingerprint density at radius 1 is 1.15 bits per heavy atom. The summed E-state index contributed by atoms with van der Waals surface area (Å²) in [5.74, 6) is 0.0516. The maximum Gasteiger partial charge on any atom is 0.170 e. The summed E-state index contributed by atoms with van der Waals surface area (Å²) in [6, 6.07) is 15.5. The fourth-order valence-electron chi connectivity index (χ4n) is 1.85. The molecule has 0 radical (unpaired) electrons. The molecule has 20 heavy (non-hydrogen) atoms. The molecule has 2 aromatic rings. The number of halogens is 1. The van der Waals surface area contributed by atoms with Gasteiger partial charge >= 0.3 is 0 Å². The van der Waals surface area contributed by atoms with Crippen molar-refractivity contribution in [1.29, 1.82) is 0 Å². The van der Waals surface area contributed by atoms with Crippen LogP contribution in [-0.2, 0) is 13.1 Å². The van der Waals surface area contributed by atoms with E-state index in [1.807, 2.05) is 24.3 Å². The Balaban J connectivity index is 1.97. The summed E-state index contributed by atoms with van der Waals surface area (Å²) in [4.78, 5) is 0. The predicted octanol–water partition coefficient (Wildman–Crippen LogP) is 2.72. The van der Waals surface area contributed by atoms with Crippen LogP contribution < -0.4 is 11.1 Å². The van der Waals surface area contributed by atoms with Gasteiger partial charge in [0.15, 0.2) is 5.84 Å². The van der Waals surface area contributed by atoms with Gasteiger partial charge in [-0.2, -0.15) is 0 Å². The van der Waals surface area contributed by atoms with Crippen LogP contribution in [0.2, 0.25) is 5.02 Å². The SMILES string of the molecule is N/C(=N/O)c1ccc(CNCc2ccccc2)c(Cl)c1. The molecule has 4 N–H and O–H groups in total. The second-order valence-corrected chi connectivity index (χ2v) is 4.79. The zero-order valence-electron chi connectivity index (χ0n) is 10.9. The molecule has 0 spiro atoms. The van der Waals surface area contributed by atoms with Gasteiger partial charge < -0.3 is 16.3 Å². The van der Waals surface area contributed by atoms with E-state index < -0.39 is 0 Å². The van der Waals surface area contributed by atoms with E-state index in [0.717, 1.165) is 12.1 Å². The molecule has 0 aliphatic rings. The van der Waals surface area contributed by atoms with Crippen molar-refractivity contribution in [2.45, 2.75) is 13.1 Å². The zero-order chi connectivity index (χ0) is 14.4. The van der Waals surface area contributed by atoms with E-state index in [-0.39, 0.29) is 5.84 Å². The van der Waals surface area contributed by atoms with E-state index in [0.29, 0.717) is 17.1 Å². The van der Waals surface area contributed by atoms with Gasteiger partial charge in [-0.15, -0.1) is 0 Å². The first-order valence-corrected chi connectivity index (χ1v) is 6.59. The van der Waals surface area contributed by atoms with Crippen molar-refractivity contribution in [3.63, 3.8) is 0 Å². The predicted molar refractivity (Wildman–Crippen MR) is 80.9 cm³/mol. The highest BCUT2D eigenvalue weighted by atomic mass is 35.5. The first-order chi connectivity index (χ1) is 9.70. The van der Waals surface area contributed by atoms with E-state index in [1.165, 1.54) is 5.56 Å².